The second kappa shape index (κ2) is 11.5. The van der Waals surface area contributed by atoms with E-state index >= 15 is 0 Å². The van der Waals surface area contributed by atoms with Crippen LogP contribution in [0.2, 0.25) is 0 Å². The molecule has 0 N–H and O–H groups in total. The third kappa shape index (κ3) is 4.17. The Balaban J connectivity index is 1.29. The molecule has 0 saturated heterocycles. The minimum atomic E-state index is -0.0174. The zero-order valence-corrected chi connectivity index (χ0v) is 29.4. The van der Waals surface area contributed by atoms with Crippen LogP contribution in [0.5, 0.6) is 0 Å². The maximum absolute atomic E-state index is 4.99. The number of aromatic nitrogens is 6. The first-order valence-electron chi connectivity index (χ1n) is 18.4. The third-order valence-corrected chi connectivity index (χ3v) is 11.1. The van der Waals surface area contributed by atoms with E-state index in [2.05, 4.69) is 116 Å². The summed E-state index contributed by atoms with van der Waals surface area (Å²) < 4.78 is 4.70. The maximum atomic E-state index is 4.99. The van der Waals surface area contributed by atoms with E-state index in [0.717, 1.165) is 68.0 Å². The predicted molar refractivity (Wildman–Crippen MR) is 223 cm³/mol. The number of rotatable bonds is 5. The molecule has 12 rings (SSSR count). The Hall–Kier alpha value is -7.52. The maximum Gasteiger partial charge on any atom is 0.252 e. The fourth-order valence-electron chi connectivity index (χ4n) is 9.03. The number of benzene rings is 4. The molecule has 8 heterocycles. The molecule has 6 aromatic heterocycles. The molecular formula is C46H29BN8. The summed E-state index contributed by atoms with van der Waals surface area (Å²) in [6.07, 6.45) is 7.40. The number of pyridine rings is 4. The van der Waals surface area contributed by atoms with Crippen LogP contribution in [0.1, 0.15) is 0 Å². The van der Waals surface area contributed by atoms with Crippen molar-refractivity contribution in [3.05, 3.63) is 176 Å². The minimum absolute atomic E-state index is 0.0174. The highest BCUT2D eigenvalue weighted by molar-refractivity contribution is 7.00. The molecule has 0 radical (unpaired) electrons. The molecule has 0 bridgehead atoms. The van der Waals surface area contributed by atoms with Crippen molar-refractivity contribution in [2.45, 2.75) is 0 Å². The number of hydrogen-bond acceptors (Lipinski definition) is 6. The molecule has 10 aromatic rings. The average Bonchev–Trinajstić information content (AvgIpc) is 3.77. The average molecular weight is 705 g/mol. The Kier molecular flexibility index (Phi) is 6.27. The van der Waals surface area contributed by atoms with E-state index < -0.39 is 0 Å². The predicted octanol–water partition coefficient (Wildman–Crippen LogP) is 8.39. The van der Waals surface area contributed by atoms with Crippen LogP contribution in [0.3, 0.4) is 0 Å². The Morgan fingerprint density at radius 3 is 1.93 bits per heavy atom. The van der Waals surface area contributed by atoms with Gasteiger partial charge in [0.15, 0.2) is 0 Å². The van der Waals surface area contributed by atoms with Crippen molar-refractivity contribution >= 4 is 90.5 Å². The second-order valence-electron chi connectivity index (χ2n) is 13.9. The summed E-state index contributed by atoms with van der Waals surface area (Å²) >= 11 is 0. The number of anilines is 6. The summed E-state index contributed by atoms with van der Waals surface area (Å²) in [7, 11) is 0. The zero-order valence-electron chi connectivity index (χ0n) is 29.4. The summed E-state index contributed by atoms with van der Waals surface area (Å²) in [6.45, 7) is -0.0174. The highest BCUT2D eigenvalue weighted by atomic mass is 15.3. The number of nitrogens with zero attached hydrogens (tertiary/aromatic N) is 8. The molecule has 256 valence electrons. The molecule has 55 heavy (non-hydrogen) atoms. The van der Waals surface area contributed by atoms with Gasteiger partial charge in [0.25, 0.3) is 6.71 Å². The van der Waals surface area contributed by atoms with Gasteiger partial charge in [-0.3, -0.25) is 14.0 Å². The van der Waals surface area contributed by atoms with Gasteiger partial charge < -0.3 is 4.90 Å². The Morgan fingerprint density at radius 1 is 0.491 bits per heavy atom. The lowest BCUT2D eigenvalue weighted by atomic mass is 9.34. The smallest absolute Gasteiger partial charge is 0.252 e. The molecule has 8 nitrogen and oxygen atoms in total. The zero-order chi connectivity index (χ0) is 36.0. The highest BCUT2D eigenvalue weighted by Gasteiger charge is 2.43. The van der Waals surface area contributed by atoms with E-state index in [4.69, 9.17) is 19.9 Å². The molecular weight excluding hydrogens is 675 g/mol. The van der Waals surface area contributed by atoms with Gasteiger partial charge in [-0.2, -0.15) is 0 Å². The van der Waals surface area contributed by atoms with E-state index in [9.17, 15) is 0 Å². The molecule has 2 aliphatic heterocycles. The Bertz CT molecular complexity index is 3070. The van der Waals surface area contributed by atoms with Crippen LogP contribution in [-0.4, -0.2) is 35.8 Å². The molecule has 0 unspecified atom stereocenters. The SMILES string of the molecule is c1ccc(N2c3ccccc3B3c4c2cc(N(c2ccccn2)c2ccccn2)cc4-n2c4c3cccc4c3c4cccnc4n(-c4ccccn4)c32)cc1. The lowest BCUT2D eigenvalue weighted by molar-refractivity contribution is 1.01. The van der Waals surface area contributed by atoms with Crippen LogP contribution in [0.15, 0.2) is 176 Å². The van der Waals surface area contributed by atoms with E-state index in [1.54, 1.807) is 0 Å². The minimum Gasteiger partial charge on any atom is -0.311 e. The highest BCUT2D eigenvalue weighted by Crippen LogP contribution is 2.46. The molecule has 0 atom stereocenters. The molecule has 9 heteroatoms. The van der Waals surface area contributed by atoms with E-state index in [1.165, 1.54) is 27.3 Å². The molecule has 0 aliphatic carbocycles. The number of hydrogen-bond donors (Lipinski definition) is 0. The van der Waals surface area contributed by atoms with Crippen molar-refractivity contribution in [3.63, 3.8) is 0 Å². The van der Waals surface area contributed by atoms with Crippen molar-refractivity contribution in [2.75, 3.05) is 9.80 Å². The Labute approximate surface area is 316 Å². The quantitative estimate of drug-likeness (QED) is 0.168. The molecule has 0 spiro atoms. The standard InChI is InChI=1S/C46H29BN8/c1-2-14-30(15-3-1)52-36-20-5-4-18-34(36)47-35-19-12-16-32-42-33-17-13-27-51-45(33)55(41-23-8-11-26-50-41)46(42)54(44(32)35)38-29-31(28-37(52)43(38)47)53(39-21-6-9-24-48-39)40-22-7-10-25-49-40/h1-29H. The fraction of sp³-hybridized carbons (Fsp3) is 0. The second-order valence-corrected chi connectivity index (χ2v) is 13.9. The van der Waals surface area contributed by atoms with Crippen LogP contribution in [0.4, 0.5) is 34.4 Å². The van der Waals surface area contributed by atoms with Crippen molar-refractivity contribution in [1.29, 1.82) is 0 Å². The van der Waals surface area contributed by atoms with E-state index in [1.807, 2.05) is 79.4 Å². The molecule has 0 fully saturated rings. The number of para-hydroxylation sites is 3. The first-order valence-corrected chi connectivity index (χ1v) is 18.4. The number of fused-ring (bicyclic) bond motifs is 9. The van der Waals surface area contributed by atoms with Gasteiger partial charge in [0, 0.05) is 63.7 Å². The van der Waals surface area contributed by atoms with Crippen molar-refractivity contribution in [2.24, 2.45) is 0 Å². The molecule has 4 aromatic carbocycles. The van der Waals surface area contributed by atoms with Gasteiger partial charge in [0.2, 0.25) is 0 Å². The van der Waals surface area contributed by atoms with Crippen LogP contribution in [0.25, 0.3) is 44.5 Å². The first-order chi connectivity index (χ1) is 27.3. The summed E-state index contributed by atoms with van der Waals surface area (Å²) in [4.78, 5) is 24.2. The van der Waals surface area contributed by atoms with Gasteiger partial charge in [0.05, 0.1) is 11.2 Å². The van der Waals surface area contributed by atoms with Crippen molar-refractivity contribution in [3.8, 4) is 11.5 Å². The van der Waals surface area contributed by atoms with Crippen molar-refractivity contribution in [1.82, 2.24) is 29.1 Å². The normalized spacial score (nSPS) is 12.7. The van der Waals surface area contributed by atoms with Crippen molar-refractivity contribution < 1.29 is 0 Å². The monoisotopic (exact) mass is 704 g/mol. The van der Waals surface area contributed by atoms with E-state index in [-0.39, 0.29) is 6.71 Å². The third-order valence-electron chi connectivity index (χ3n) is 11.1. The topological polar surface area (TPSA) is 67.9 Å². The van der Waals surface area contributed by atoms with Gasteiger partial charge in [-0.1, -0.05) is 72.8 Å². The van der Waals surface area contributed by atoms with Crippen LogP contribution in [0, 0.1) is 0 Å². The largest absolute Gasteiger partial charge is 0.311 e. The van der Waals surface area contributed by atoms with Crippen LogP contribution < -0.4 is 26.2 Å². The van der Waals surface area contributed by atoms with Gasteiger partial charge in [0.1, 0.15) is 28.7 Å². The molecule has 0 saturated carbocycles. The van der Waals surface area contributed by atoms with Gasteiger partial charge in [-0.25, -0.2) is 19.9 Å². The van der Waals surface area contributed by atoms with Gasteiger partial charge in [-0.05, 0) is 95.3 Å². The summed E-state index contributed by atoms with van der Waals surface area (Å²) in [6, 6.07) is 53.3. The Morgan fingerprint density at radius 2 is 1.16 bits per heavy atom. The summed E-state index contributed by atoms with van der Waals surface area (Å²) in [5.41, 5.74) is 12.2. The molecule has 0 amide bonds. The van der Waals surface area contributed by atoms with Gasteiger partial charge in [-0.15, -0.1) is 0 Å². The van der Waals surface area contributed by atoms with Crippen LogP contribution in [-0.2, 0) is 0 Å². The summed E-state index contributed by atoms with van der Waals surface area (Å²) in [5, 5.41) is 3.43. The van der Waals surface area contributed by atoms with Crippen LogP contribution >= 0.6 is 0 Å². The first kappa shape index (κ1) is 30.0. The van der Waals surface area contributed by atoms with E-state index in [0.29, 0.717) is 0 Å². The van der Waals surface area contributed by atoms with Gasteiger partial charge >= 0.3 is 0 Å². The fourth-order valence-corrected chi connectivity index (χ4v) is 9.03. The summed E-state index contributed by atoms with van der Waals surface area (Å²) in [5.74, 6) is 2.37. The lowest BCUT2D eigenvalue weighted by Crippen LogP contribution is -2.60. The lowest BCUT2D eigenvalue weighted by Gasteiger charge is -2.41. The molecule has 2 aliphatic rings.